The van der Waals surface area contributed by atoms with Crippen LogP contribution in [0.25, 0.3) is 0 Å². The Kier molecular flexibility index (Phi) is 4.19. The third-order valence-corrected chi connectivity index (χ3v) is 6.63. The predicted molar refractivity (Wildman–Crippen MR) is 90.2 cm³/mol. The van der Waals surface area contributed by atoms with Crippen molar-refractivity contribution in [3.63, 3.8) is 0 Å². The van der Waals surface area contributed by atoms with Crippen molar-refractivity contribution in [3.05, 3.63) is 66.2 Å². The Hall–Kier alpha value is -2.18. The van der Waals surface area contributed by atoms with Crippen LogP contribution in [0.1, 0.15) is 18.4 Å². The largest absolute Gasteiger partial charge is 0.465 e. The van der Waals surface area contributed by atoms with Crippen molar-refractivity contribution < 1.29 is 17.9 Å². The van der Waals surface area contributed by atoms with Crippen molar-refractivity contribution in [1.82, 2.24) is 0 Å². The first-order valence-corrected chi connectivity index (χ1v) is 9.28. The molecule has 3 rings (SSSR count). The fraction of sp³-hybridized carbons (Fsp3) is 0.278. The summed E-state index contributed by atoms with van der Waals surface area (Å²) in [5.41, 5.74) is 5.42. The van der Waals surface area contributed by atoms with E-state index in [1.54, 1.807) is 49.4 Å². The predicted octanol–water partition coefficient (Wildman–Crippen LogP) is 1.89. The summed E-state index contributed by atoms with van der Waals surface area (Å²) in [4.78, 5) is 12.5. The van der Waals surface area contributed by atoms with Gasteiger partial charge in [-0.2, -0.15) is 0 Å². The number of ether oxygens (including phenoxy) is 1. The lowest BCUT2D eigenvalue weighted by Gasteiger charge is -2.11. The molecule has 5 nitrogen and oxygen atoms in total. The molecule has 0 saturated heterocycles. The lowest BCUT2D eigenvalue weighted by molar-refractivity contribution is -0.145. The van der Waals surface area contributed by atoms with E-state index in [4.69, 9.17) is 10.5 Å². The monoisotopic (exact) mass is 345 g/mol. The van der Waals surface area contributed by atoms with Gasteiger partial charge in [0.15, 0.2) is 9.84 Å². The number of nitrogens with two attached hydrogens (primary N) is 1. The molecule has 1 saturated carbocycles. The van der Waals surface area contributed by atoms with Crippen molar-refractivity contribution in [3.8, 4) is 0 Å². The number of esters is 1. The van der Waals surface area contributed by atoms with Crippen LogP contribution in [0.2, 0.25) is 0 Å². The van der Waals surface area contributed by atoms with Gasteiger partial charge in [0.2, 0.25) is 0 Å². The molecule has 2 aromatic carbocycles. The minimum Gasteiger partial charge on any atom is -0.465 e. The number of benzene rings is 2. The highest BCUT2D eigenvalue weighted by Gasteiger charge is 2.74. The molecular formula is C18H19NO4S. The number of hydrogen-bond donors (Lipinski definition) is 1. The fourth-order valence-corrected chi connectivity index (χ4v) is 5.43. The number of carbonyl (C=O) groups is 1. The summed E-state index contributed by atoms with van der Waals surface area (Å²) in [5.74, 6) is -1.30. The summed E-state index contributed by atoms with van der Waals surface area (Å²) >= 11 is 0. The zero-order valence-electron chi connectivity index (χ0n) is 13.3. The maximum absolute atomic E-state index is 13.0. The number of sulfone groups is 1. The van der Waals surface area contributed by atoms with Gasteiger partial charge in [0.25, 0.3) is 0 Å². The van der Waals surface area contributed by atoms with Crippen LogP contribution in [-0.4, -0.2) is 31.8 Å². The molecule has 0 bridgehead atoms. The van der Waals surface area contributed by atoms with Crippen LogP contribution in [0.15, 0.2) is 65.6 Å². The number of carbonyl (C=O) groups excluding carboxylic acids is 1. The van der Waals surface area contributed by atoms with Gasteiger partial charge in [0.1, 0.15) is 10.8 Å². The van der Waals surface area contributed by atoms with Gasteiger partial charge in [0.05, 0.1) is 11.5 Å². The normalized spacial score (nSPS) is 25.9. The van der Waals surface area contributed by atoms with Crippen molar-refractivity contribution in [2.75, 3.05) is 6.61 Å². The van der Waals surface area contributed by atoms with E-state index in [2.05, 4.69) is 0 Å². The Bertz CT molecular complexity index is 836. The molecule has 1 aliphatic rings. The van der Waals surface area contributed by atoms with Crippen LogP contribution in [0.3, 0.4) is 0 Å². The minimum absolute atomic E-state index is 0.150. The van der Waals surface area contributed by atoms with Gasteiger partial charge in [-0.25, -0.2) is 13.2 Å². The average molecular weight is 345 g/mol. The highest BCUT2D eigenvalue weighted by Crippen LogP contribution is 2.56. The quantitative estimate of drug-likeness (QED) is 0.836. The van der Waals surface area contributed by atoms with Crippen molar-refractivity contribution in [1.29, 1.82) is 0 Å². The summed E-state index contributed by atoms with van der Waals surface area (Å²) in [6.45, 7) is 1.82. The second kappa shape index (κ2) is 6.03. The minimum atomic E-state index is -3.76. The van der Waals surface area contributed by atoms with E-state index in [0.29, 0.717) is 0 Å². The second-order valence-electron chi connectivity index (χ2n) is 5.82. The summed E-state index contributed by atoms with van der Waals surface area (Å²) in [6, 6.07) is 17.1. The standard InChI is InChI=1S/C18H19NO4S/c1-2-23-17(20)18(19)15(13-9-5-3-6-10-13)16(18)24(21,22)14-11-7-4-8-12-14/h3-12,15-16H,2,19H2,1H3/t15-,16-,18-/m0/s1. The van der Waals surface area contributed by atoms with E-state index in [9.17, 15) is 13.2 Å². The molecule has 24 heavy (non-hydrogen) atoms. The van der Waals surface area contributed by atoms with Gasteiger partial charge < -0.3 is 10.5 Å². The van der Waals surface area contributed by atoms with E-state index in [0.717, 1.165) is 5.56 Å². The molecule has 1 fully saturated rings. The number of rotatable bonds is 5. The average Bonchev–Trinajstić information content (AvgIpc) is 3.25. The molecule has 2 N–H and O–H groups in total. The lowest BCUT2D eigenvalue weighted by atomic mass is 10.1. The molecule has 2 aromatic rings. The van der Waals surface area contributed by atoms with Crippen LogP contribution in [0.4, 0.5) is 0 Å². The molecule has 0 aromatic heterocycles. The van der Waals surface area contributed by atoms with E-state index in [-0.39, 0.29) is 11.5 Å². The summed E-state index contributed by atoms with van der Waals surface area (Å²) in [5, 5.41) is -1.03. The highest BCUT2D eigenvalue weighted by atomic mass is 32.2. The molecule has 0 aliphatic heterocycles. The smallest absolute Gasteiger partial charge is 0.328 e. The first-order chi connectivity index (χ1) is 11.4. The molecule has 0 unspecified atom stereocenters. The van der Waals surface area contributed by atoms with Gasteiger partial charge in [-0.3, -0.25) is 0 Å². The maximum atomic E-state index is 13.0. The zero-order chi connectivity index (χ0) is 17.4. The van der Waals surface area contributed by atoms with Gasteiger partial charge in [-0.1, -0.05) is 48.5 Å². The van der Waals surface area contributed by atoms with E-state index < -0.39 is 32.5 Å². The fourth-order valence-electron chi connectivity index (χ4n) is 3.18. The van der Waals surface area contributed by atoms with Crippen LogP contribution in [-0.2, 0) is 19.4 Å². The van der Waals surface area contributed by atoms with Crippen molar-refractivity contribution in [2.24, 2.45) is 5.73 Å². The Morgan fingerprint density at radius 3 is 2.17 bits per heavy atom. The van der Waals surface area contributed by atoms with E-state index in [1.165, 1.54) is 12.1 Å². The van der Waals surface area contributed by atoms with E-state index in [1.807, 2.05) is 6.07 Å². The van der Waals surface area contributed by atoms with Gasteiger partial charge in [-0.15, -0.1) is 0 Å². The van der Waals surface area contributed by atoms with Crippen LogP contribution in [0, 0.1) is 0 Å². The molecule has 1 aliphatic carbocycles. The van der Waals surface area contributed by atoms with Crippen LogP contribution >= 0.6 is 0 Å². The Morgan fingerprint density at radius 2 is 1.62 bits per heavy atom. The number of hydrogen-bond acceptors (Lipinski definition) is 5. The van der Waals surface area contributed by atoms with Gasteiger partial charge >= 0.3 is 5.97 Å². The summed E-state index contributed by atoms with van der Waals surface area (Å²) in [6.07, 6.45) is 0. The molecule has 0 spiro atoms. The second-order valence-corrected chi connectivity index (χ2v) is 7.89. The lowest BCUT2D eigenvalue weighted by Crippen LogP contribution is -2.41. The Morgan fingerprint density at radius 1 is 1.08 bits per heavy atom. The Labute approximate surface area is 141 Å². The van der Waals surface area contributed by atoms with Crippen molar-refractivity contribution in [2.45, 2.75) is 28.5 Å². The van der Waals surface area contributed by atoms with Crippen LogP contribution < -0.4 is 5.73 Å². The molecule has 6 heteroatoms. The molecule has 0 amide bonds. The SMILES string of the molecule is CCOC(=O)[C@]1(N)[C@@H](c2ccccc2)[C@@H]1S(=O)(=O)c1ccccc1. The van der Waals surface area contributed by atoms with Gasteiger partial charge in [0, 0.05) is 5.92 Å². The van der Waals surface area contributed by atoms with Gasteiger partial charge in [-0.05, 0) is 24.6 Å². The summed E-state index contributed by atoms with van der Waals surface area (Å²) in [7, 11) is -3.76. The summed E-state index contributed by atoms with van der Waals surface area (Å²) < 4.78 is 31.1. The first kappa shape index (κ1) is 16.7. The van der Waals surface area contributed by atoms with E-state index >= 15 is 0 Å². The highest BCUT2D eigenvalue weighted by molar-refractivity contribution is 7.92. The van der Waals surface area contributed by atoms with Crippen LogP contribution in [0.5, 0.6) is 0 Å². The zero-order valence-corrected chi connectivity index (χ0v) is 14.1. The molecule has 3 atom stereocenters. The topological polar surface area (TPSA) is 86.5 Å². The third kappa shape index (κ3) is 2.52. The van der Waals surface area contributed by atoms with Crippen molar-refractivity contribution >= 4 is 15.8 Å². The molecule has 126 valence electrons. The maximum Gasteiger partial charge on any atom is 0.328 e. The Balaban J connectivity index is 2.06. The third-order valence-electron chi connectivity index (χ3n) is 4.37. The molecule has 0 heterocycles. The molecule has 0 radical (unpaired) electrons. The molecular weight excluding hydrogens is 326 g/mol. The first-order valence-electron chi connectivity index (χ1n) is 7.74.